The second-order valence-corrected chi connectivity index (χ2v) is 10.3. The number of para-hydroxylation sites is 1. The van der Waals surface area contributed by atoms with Crippen LogP contribution in [0.5, 0.6) is 17.2 Å². The van der Waals surface area contributed by atoms with E-state index >= 15 is 0 Å². The van der Waals surface area contributed by atoms with Crippen LogP contribution in [-0.4, -0.2) is 51.1 Å². The van der Waals surface area contributed by atoms with Gasteiger partial charge >= 0.3 is 7.60 Å². The summed E-state index contributed by atoms with van der Waals surface area (Å²) in [5.74, 6) is 1.34. The van der Waals surface area contributed by atoms with Crippen LogP contribution in [0.15, 0.2) is 73.1 Å². The molecule has 1 aliphatic rings. The molecule has 4 N–H and O–H groups in total. The lowest BCUT2D eigenvalue weighted by atomic mass is 10.1. The van der Waals surface area contributed by atoms with Crippen molar-refractivity contribution < 1.29 is 33.4 Å². The molecule has 3 aromatic carbocycles. The van der Waals surface area contributed by atoms with Crippen molar-refractivity contribution in [2.24, 2.45) is 0 Å². The molecule has 1 amide bonds. The fraction of sp³-hybridized carbons (Fsp3) is 0.192. The number of benzene rings is 3. The van der Waals surface area contributed by atoms with Gasteiger partial charge in [0.05, 0.1) is 24.4 Å². The highest BCUT2D eigenvalue weighted by Crippen LogP contribution is 2.37. The van der Waals surface area contributed by atoms with Crippen molar-refractivity contribution in [3.05, 3.63) is 73.1 Å². The van der Waals surface area contributed by atoms with E-state index in [1.165, 1.54) is 6.33 Å². The van der Waals surface area contributed by atoms with Crippen molar-refractivity contribution in [3.63, 3.8) is 0 Å². The summed E-state index contributed by atoms with van der Waals surface area (Å²) in [6, 6.07) is 20.0. The summed E-state index contributed by atoms with van der Waals surface area (Å²) in [6.07, 6.45) is 0.909. The van der Waals surface area contributed by atoms with Gasteiger partial charge in [-0.15, -0.1) is 0 Å². The Morgan fingerprint density at radius 2 is 1.82 bits per heavy atom. The number of carbonyl (C=O) groups is 1. The van der Waals surface area contributed by atoms with Crippen molar-refractivity contribution in [3.8, 4) is 17.2 Å². The average molecular weight is 536 g/mol. The molecule has 2 heterocycles. The molecule has 11 nitrogen and oxygen atoms in total. The molecule has 0 bridgehead atoms. The van der Waals surface area contributed by atoms with Gasteiger partial charge < -0.3 is 34.6 Å². The zero-order valence-corrected chi connectivity index (χ0v) is 21.0. The van der Waals surface area contributed by atoms with E-state index in [1.54, 1.807) is 12.1 Å². The average Bonchev–Trinajstić information content (AvgIpc) is 3.39. The molecular weight excluding hydrogens is 511 g/mol. The third kappa shape index (κ3) is 6.64. The molecule has 5 rings (SSSR count). The number of hydrogen-bond acceptors (Lipinski definition) is 8. The number of fused-ring (bicyclic) bond motifs is 1. The fourth-order valence-corrected chi connectivity index (χ4v) is 4.36. The number of ether oxygens (including phenoxy) is 3. The summed E-state index contributed by atoms with van der Waals surface area (Å²) in [7, 11) is -4.55. The number of rotatable bonds is 9. The number of aromatic nitrogens is 2. The van der Waals surface area contributed by atoms with Crippen LogP contribution in [0.1, 0.15) is 6.42 Å². The molecule has 38 heavy (non-hydrogen) atoms. The molecule has 0 spiro atoms. The van der Waals surface area contributed by atoms with Gasteiger partial charge in [-0.1, -0.05) is 18.2 Å². The maximum absolute atomic E-state index is 12.4. The minimum absolute atomic E-state index is 0.221. The van der Waals surface area contributed by atoms with E-state index in [-0.39, 0.29) is 11.8 Å². The monoisotopic (exact) mass is 536 g/mol. The van der Waals surface area contributed by atoms with Gasteiger partial charge in [0, 0.05) is 23.6 Å². The van der Waals surface area contributed by atoms with E-state index in [2.05, 4.69) is 20.6 Å². The molecule has 12 heteroatoms. The van der Waals surface area contributed by atoms with E-state index in [4.69, 9.17) is 14.2 Å². The highest BCUT2D eigenvalue weighted by Gasteiger charge is 2.23. The second kappa shape index (κ2) is 11.2. The first-order valence-corrected chi connectivity index (χ1v) is 13.6. The zero-order valence-electron chi connectivity index (χ0n) is 20.1. The molecule has 196 valence electrons. The summed E-state index contributed by atoms with van der Waals surface area (Å²) in [5.41, 5.74) is 1.53. The van der Waals surface area contributed by atoms with E-state index in [0.29, 0.717) is 47.9 Å². The Morgan fingerprint density at radius 3 is 2.53 bits per heavy atom. The minimum atomic E-state index is -4.55. The quantitative estimate of drug-likeness (QED) is 0.226. The smallest absolute Gasteiger partial charge is 0.334 e. The van der Waals surface area contributed by atoms with E-state index in [9.17, 15) is 19.1 Å². The normalized spacial score (nSPS) is 15.3. The van der Waals surface area contributed by atoms with Gasteiger partial charge in [0.2, 0.25) is 5.91 Å². The molecule has 1 saturated heterocycles. The lowest BCUT2D eigenvalue weighted by Gasteiger charge is -2.18. The summed E-state index contributed by atoms with van der Waals surface area (Å²) in [5, 5.41) is 6.37. The lowest BCUT2D eigenvalue weighted by molar-refractivity contribution is -0.114. The largest absolute Gasteiger partial charge is 0.486 e. The molecule has 0 aliphatic carbocycles. The molecular formula is C26H25N4O7P. The van der Waals surface area contributed by atoms with Gasteiger partial charge in [0.1, 0.15) is 41.7 Å². The van der Waals surface area contributed by atoms with Crippen LogP contribution in [0.2, 0.25) is 0 Å². The van der Waals surface area contributed by atoms with Crippen LogP contribution >= 0.6 is 7.60 Å². The third-order valence-corrected chi connectivity index (χ3v) is 6.34. The van der Waals surface area contributed by atoms with Crippen LogP contribution in [0.4, 0.5) is 17.2 Å². The Labute approximate surface area is 218 Å². The second-order valence-electron chi connectivity index (χ2n) is 8.63. The summed E-state index contributed by atoms with van der Waals surface area (Å²) >= 11 is 0. The maximum atomic E-state index is 12.4. The Kier molecular flexibility index (Phi) is 7.52. The van der Waals surface area contributed by atoms with Crippen molar-refractivity contribution >= 4 is 41.6 Å². The number of nitrogens with one attached hydrogen (secondary N) is 2. The van der Waals surface area contributed by atoms with Crippen LogP contribution in [0.3, 0.4) is 0 Å². The highest BCUT2D eigenvalue weighted by molar-refractivity contribution is 7.52. The van der Waals surface area contributed by atoms with Crippen LogP contribution in [-0.2, 0) is 14.1 Å². The molecule has 4 aromatic rings. The van der Waals surface area contributed by atoms with Gasteiger partial charge in [-0.2, -0.15) is 0 Å². The lowest BCUT2D eigenvalue weighted by Crippen LogP contribution is -2.20. The molecule has 1 aliphatic heterocycles. The molecule has 1 aromatic heterocycles. The summed E-state index contributed by atoms with van der Waals surface area (Å²) in [4.78, 5) is 39.5. The zero-order chi connectivity index (χ0) is 26.5. The van der Waals surface area contributed by atoms with E-state index in [1.807, 2.05) is 54.6 Å². The summed E-state index contributed by atoms with van der Waals surface area (Å²) < 4.78 is 28.6. The number of nitrogens with zero attached hydrogens (tertiary/aromatic N) is 2. The van der Waals surface area contributed by atoms with Gasteiger partial charge in [-0.05, 0) is 42.5 Å². The van der Waals surface area contributed by atoms with Crippen molar-refractivity contribution in [2.75, 3.05) is 30.0 Å². The topological polar surface area (TPSA) is 152 Å². The van der Waals surface area contributed by atoms with Crippen molar-refractivity contribution in [2.45, 2.75) is 12.5 Å². The highest BCUT2D eigenvalue weighted by atomic mass is 31.2. The van der Waals surface area contributed by atoms with Crippen LogP contribution < -0.4 is 20.1 Å². The fourth-order valence-electron chi connectivity index (χ4n) is 3.91. The van der Waals surface area contributed by atoms with Gasteiger partial charge in [-0.3, -0.25) is 9.36 Å². The van der Waals surface area contributed by atoms with Crippen LogP contribution in [0, 0.1) is 0 Å². The molecule has 1 atom stereocenters. The SMILES string of the molecule is O=C(CP(=O)(O)O)Nc1cc2c(Nc3ccc(Oc4ccccc4)cc3)ncnc2cc1OC1CCOC1. The van der Waals surface area contributed by atoms with Crippen molar-refractivity contribution in [1.29, 1.82) is 0 Å². The predicted octanol–water partition coefficient (Wildman–Crippen LogP) is 4.45. The van der Waals surface area contributed by atoms with Crippen LogP contribution in [0.25, 0.3) is 10.9 Å². The molecule has 0 radical (unpaired) electrons. The molecule has 0 saturated carbocycles. The summed E-state index contributed by atoms with van der Waals surface area (Å²) in [6.45, 7) is 0.956. The number of carbonyl (C=O) groups excluding carboxylic acids is 1. The van der Waals surface area contributed by atoms with Crippen molar-refractivity contribution in [1.82, 2.24) is 9.97 Å². The van der Waals surface area contributed by atoms with Gasteiger partial charge in [0.15, 0.2) is 0 Å². The Balaban J connectivity index is 1.42. The van der Waals surface area contributed by atoms with E-state index in [0.717, 1.165) is 11.4 Å². The molecule has 1 unspecified atom stereocenters. The van der Waals surface area contributed by atoms with Gasteiger partial charge in [0.25, 0.3) is 0 Å². The first-order chi connectivity index (χ1) is 18.3. The molecule has 1 fully saturated rings. The minimum Gasteiger partial charge on any atom is -0.486 e. The van der Waals surface area contributed by atoms with Gasteiger partial charge in [-0.25, -0.2) is 9.97 Å². The number of hydrogen-bond donors (Lipinski definition) is 4. The maximum Gasteiger partial charge on any atom is 0.334 e. The first kappa shape index (κ1) is 25.6. The first-order valence-electron chi connectivity index (χ1n) is 11.8. The number of amides is 1. The number of anilines is 3. The standard InChI is InChI=1S/C26H25N4O7P/c31-25(15-38(32,33)34)30-23-12-21-22(13-24(23)37-20-10-11-35-14-20)27-16-28-26(21)29-17-6-8-19(9-7-17)36-18-4-2-1-3-5-18/h1-9,12-13,16,20H,10-11,14-15H2,(H,30,31)(H,27,28,29)(H2,32,33,34). The third-order valence-electron chi connectivity index (χ3n) is 5.64. The van der Waals surface area contributed by atoms with E-state index < -0.39 is 19.7 Å². The predicted molar refractivity (Wildman–Crippen MR) is 141 cm³/mol. The Hall–Kier alpha value is -4.02. The Bertz CT molecular complexity index is 1470. The Morgan fingerprint density at radius 1 is 1.05 bits per heavy atom.